The molecule has 4 nitrogen and oxygen atoms in total. The number of aromatic nitrogens is 1. The molecule has 0 saturated carbocycles. The van der Waals surface area contributed by atoms with E-state index in [1.165, 1.54) is 17.0 Å². The lowest BCUT2D eigenvalue weighted by Crippen LogP contribution is -2.33. The Labute approximate surface area is 130 Å². The van der Waals surface area contributed by atoms with Crippen LogP contribution in [-0.4, -0.2) is 22.5 Å². The summed E-state index contributed by atoms with van der Waals surface area (Å²) in [7, 11) is 0. The molecule has 0 radical (unpaired) electrons. The highest BCUT2D eigenvalue weighted by molar-refractivity contribution is 5.98. The third-order valence-corrected chi connectivity index (χ3v) is 3.76. The normalized spacial score (nSPS) is 15.4. The highest BCUT2D eigenvalue weighted by Gasteiger charge is 2.34. The van der Waals surface area contributed by atoms with Crippen molar-refractivity contribution >= 4 is 11.6 Å². The van der Waals surface area contributed by atoms with Crippen LogP contribution >= 0.6 is 0 Å². The number of pyridine rings is 1. The molecule has 3 rings (SSSR count). The summed E-state index contributed by atoms with van der Waals surface area (Å²) in [6, 6.07) is 7.54. The van der Waals surface area contributed by atoms with Gasteiger partial charge < -0.3 is 10.0 Å². The molecule has 1 aromatic carbocycles. The molecular formula is C16H13F3N2O2. The second kappa shape index (κ2) is 5.66. The van der Waals surface area contributed by atoms with Crippen molar-refractivity contribution in [3.05, 3.63) is 59.4 Å². The van der Waals surface area contributed by atoms with Crippen molar-refractivity contribution in [3.63, 3.8) is 0 Å². The molecule has 1 aliphatic heterocycles. The summed E-state index contributed by atoms with van der Waals surface area (Å²) in [6.07, 6.45) is -4.01. The number of aliphatic hydroxyl groups is 1. The highest BCUT2D eigenvalue weighted by Crippen LogP contribution is 2.32. The van der Waals surface area contributed by atoms with Gasteiger partial charge in [0.15, 0.2) is 6.10 Å². The number of amides is 1. The van der Waals surface area contributed by atoms with Gasteiger partial charge >= 0.3 is 6.18 Å². The standard InChI is InChI=1S/C16H13F3N2O2/c17-16(18,19)11-4-1-3-10(9-11)14(22)15(23)21-8-6-12-13(21)5-2-7-20-12/h1-5,7,9,14,22H,6,8H2. The van der Waals surface area contributed by atoms with Crippen molar-refractivity contribution in [2.24, 2.45) is 0 Å². The zero-order valence-electron chi connectivity index (χ0n) is 11.9. The van der Waals surface area contributed by atoms with Gasteiger partial charge in [-0.15, -0.1) is 0 Å². The number of alkyl halides is 3. The number of carbonyl (C=O) groups is 1. The summed E-state index contributed by atoms with van der Waals surface area (Å²) >= 11 is 0. The van der Waals surface area contributed by atoms with Crippen molar-refractivity contribution in [2.45, 2.75) is 18.7 Å². The van der Waals surface area contributed by atoms with Gasteiger partial charge in [-0.2, -0.15) is 13.2 Å². The van der Waals surface area contributed by atoms with E-state index in [0.717, 1.165) is 17.8 Å². The Balaban J connectivity index is 1.87. The highest BCUT2D eigenvalue weighted by atomic mass is 19.4. The number of aliphatic hydroxyl groups excluding tert-OH is 1. The van der Waals surface area contributed by atoms with E-state index in [4.69, 9.17) is 0 Å². The van der Waals surface area contributed by atoms with Crippen LogP contribution in [0, 0.1) is 0 Å². The Morgan fingerprint density at radius 3 is 2.78 bits per heavy atom. The van der Waals surface area contributed by atoms with Crippen LogP contribution in [0.4, 0.5) is 18.9 Å². The van der Waals surface area contributed by atoms with Gasteiger partial charge in [0.05, 0.1) is 16.9 Å². The van der Waals surface area contributed by atoms with Crippen molar-refractivity contribution in [1.82, 2.24) is 4.98 Å². The fourth-order valence-corrected chi connectivity index (χ4v) is 2.61. The lowest BCUT2D eigenvalue weighted by Gasteiger charge is -2.21. The average molecular weight is 322 g/mol. The Kier molecular flexibility index (Phi) is 3.81. The number of anilines is 1. The number of benzene rings is 1. The quantitative estimate of drug-likeness (QED) is 0.925. The van der Waals surface area contributed by atoms with Gasteiger partial charge in [-0.25, -0.2) is 0 Å². The van der Waals surface area contributed by atoms with E-state index in [2.05, 4.69) is 4.98 Å². The van der Waals surface area contributed by atoms with Crippen molar-refractivity contribution in [2.75, 3.05) is 11.4 Å². The Bertz CT molecular complexity index is 746. The zero-order chi connectivity index (χ0) is 16.6. The fourth-order valence-electron chi connectivity index (χ4n) is 2.61. The van der Waals surface area contributed by atoms with E-state index < -0.39 is 23.8 Å². The number of carbonyl (C=O) groups excluding carboxylic acids is 1. The van der Waals surface area contributed by atoms with Crippen LogP contribution in [0.5, 0.6) is 0 Å². The zero-order valence-corrected chi connectivity index (χ0v) is 11.9. The topological polar surface area (TPSA) is 53.4 Å². The summed E-state index contributed by atoms with van der Waals surface area (Å²) in [5, 5.41) is 10.2. The number of rotatable bonds is 2. The third kappa shape index (κ3) is 2.92. The van der Waals surface area contributed by atoms with Crippen molar-refractivity contribution < 1.29 is 23.1 Å². The Morgan fingerprint density at radius 2 is 2.04 bits per heavy atom. The van der Waals surface area contributed by atoms with Crippen LogP contribution in [0.25, 0.3) is 0 Å². The molecule has 0 fully saturated rings. The van der Waals surface area contributed by atoms with Crippen LogP contribution in [0.2, 0.25) is 0 Å². The van der Waals surface area contributed by atoms with Gasteiger partial charge in [0.25, 0.3) is 5.91 Å². The molecule has 23 heavy (non-hydrogen) atoms. The first-order valence-corrected chi connectivity index (χ1v) is 6.98. The lowest BCUT2D eigenvalue weighted by atomic mass is 10.0. The molecule has 1 unspecified atom stereocenters. The average Bonchev–Trinajstić information content (AvgIpc) is 2.97. The minimum absolute atomic E-state index is 0.0813. The van der Waals surface area contributed by atoms with Gasteiger partial charge in [-0.1, -0.05) is 12.1 Å². The van der Waals surface area contributed by atoms with Gasteiger partial charge in [-0.3, -0.25) is 9.78 Å². The second-order valence-electron chi connectivity index (χ2n) is 5.23. The monoisotopic (exact) mass is 322 g/mol. The minimum Gasteiger partial charge on any atom is -0.378 e. The second-order valence-corrected chi connectivity index (χ2v) is 5.23. The van der Waals surface area contributed by atoms with E-state index in [0.29, 0.717) is 18.7 Å². The first-order chi connectivity index (χ1) is 10.9. The van der Waals surface area contributed by atoms with Gasteiger partial charge in [0.1, 0.15) is 0 Å². The fraction of sp³-hybridized carbons (Fsp3) is 0.250. The van der Waals surface area contributed by atoms with E-state index >= 15 is 0 Å². The van der Waals surface area contributed by atoms with Crippen molar-refractivity contribution in [1.29, 1.82) is 0 Å². The van der Waals surface area contributed by atoms with Crippen molar-refractivity contribution in [3.8, 4) is 0 Å². The summed E-state index contributed by atoms with van der Waals surface area (Å²) in [4.78, 5) is 17.9. The molecule has 1 atom stereocenters. The molecule has 1 N–H and O–H groups in total. The van der Waals surface area contributed by atoms with E-state index in [-0.39, 0.29) is 5.56 Å². The molecule has 1 amide bonds. The predicted molar refractivity (Wildman–Crippen MR) is 76.7 cm³/mol. The molecule has 120 valence electrons. The van der Waals surface area contributed by atoms with Crippen LogP contribution in [0.3, 0.4) is 0 Å². The van der Waals surface area contributed by atoms with Gasteiger partial charge in [-0.05, 0) is 29.8 Å². The summed E-state index contributed by atoms with van der Waals surface area (Å²) < 4.78 is 38.2. The molecule has 1 aliphatic rings. The Morgan fingerprint density at radius 1 is 1.26 bits per heavy atom. The molecule has 1 aromatic heterocycles. The van der Waals surface area contributed by atoms with E-state index in [1.54, 1.807) is 18.3 Å². The molecular weight excluding hydrogens is 309 g/mol. The molecule has 0 aliphatic carbocycles. The van der Waals surface area contributed by atoms with Gasteiger partial charge in [0, 0.05) is 19.2 Å². The number of hydrogen-bond donors (Lipinski definition) is 1. The number of hydrogen-bond acceptors (Lipinski definition) is 3. The number of fused-ring (bicyclic) bond motifs is 1. The van der Waals surface area contributed by atoms with Crippen LogP contribution < -0.4 is 4.90 Å². The molecule has 2 heterocycles. The van der Waals surface area contributed by atoms with Crippen LogP contribution in [0.15, 0.2) is 42.6 Å². The number of nitrogens with zero attached hydrogens (tertiary/aromatic N) is 2. The largest absolute Gasteiger partial charge is 0.416 e. The van der Waals surface area contributed by atoms with Crippen LogP contribution in [-0.2, 0) is 17.4 Å². The first kappa shape index (κ1) is 15.5. The first-order valence-electron chi connectivity index (χ1n) is 6.98. The molecule has 0 saturated heterocycles. The third-order valence-electron chi connectivity index (χ3n) is 3.76. The van der Waals surface area contributed by atoms with E-state index in [9.17, 15) is 23.1 Å². The molecule has 7 heteroatoms. The maximum absolute atomic E-state index is 12.7. The van der Waals surface area contributed by atoms with Gasteiger partial charge in [0.2, 0.25) is 0 Å². The number of halogens is 3. The molecule has 2 aromatic rings. The maximum atomic E-state index is 12.7. The molecule has 0 spiro atoms. The van der Waals surface area contributed by atoms with E-state index in [1.807, 2.05) is 0 Å². The summed E-state index contributed by atoms with van der Waals surface area (Å²) in [5.41, 5.74) is 0.341. The van der Waals surface area contributed by atoms with Crippen LogP contribution in [0.1, 0.15) is 22.9 Å². The SMILES string of the molecule is O=C(C(O)c1cccc(C(F)(F)F)c1)N1CCc2ncccc21. The smallest absolute Gasteiger partial charge is 0.378 e. The lowest BCUT2D eigenvalue weighted by molar-refractivity contribution is -0.138. The summed E-state index contributed by atoms with van der Waals surface area (Å²) in [6.45, 7) is 0.348. The molecule has 0 bridgehead atoms. The minimum atomic E-state index is -4.52. The Hall–Kier alpha value is -2.41. The maximum Gasteiger partial charge on any atom is 0.416 e. The summed E-state index contributed by atoms with van der Waals surface area (Å²) in [5.74, 6) is -0.656. The predicted octanol–water partition coefficient (Wildman–Crippen LogP) is 2.72.